The molecule has 1 N–H and O–H groups in total. The Bertz CT molecular complexity index is 465. The van der Waals surface area contributed by atoms with Crippen molar-refractivity contribution in [3.05, 3.63) is 35.1 Å². The molecule has 4 nitrogen and oxygen atoms in total. The lowest BCUT2D eigenvalue weighted by molar-refractivity contribution is -0.139. The van der Waals surface area contributed by atoms with Gasteiger partial charge in [-0.25, -0.2) is 4.39 Å². The van der Waals surface area contributed by atoms with E-state index in [2.05, 4.69) is 10.1 Å². The lowest BCUT2D eigenvalue weighted by atomic mass is 10.1. The number of ether oxygens (including phenoxy) is 1. The van der Waals surface area contributed by atoms with Crippen molar-refractivity contribution in [2.45, 2.75) is 10.8 Å². The van der Waals surface area contributed by atoms with Crippen molar-refractivity contribution in [2.75, 3.05) is 13.7 Å². The van der Waals surface area contributed by atoms with Crippen molar-refractivity contribution in [1.29, 1.82) is 0 Å². The summed E-state index contributed by atoms with van der Waals surface area (Å²) in [7, 11) is 1.27. The molecule has 1 aromatic rings. The van der Waals surface area contributed by atoms with Crippen LogP contribution in [-0.2, 0) is 9.53 Å². The maximum absolute atomic E-state index is 13.6. The summed E-state index contributed by atoms with van der Waals surface area (Å²) in [6.07, 6.45) is 0. The van der Waals surface area contributed by atoms with Gasteiger partial charge in [0.05, 0.1) is 12.7 Å². The number of benzene rings is 1. The summed E-state index contributed by atoms with van der Waals surface area (Å²) in [4.78, 5) is 22.9. The number of carbonyl (C=O) groups excluding carboxylic acids is 2. The molecule has 0 aliphatic carbocycles. The fourth-order valence-electron chi connectivity index (χ4n) is 1.31. The molecular formula is C12H13FINO3. The fraction of sp³-hybridized carbons (Fsp3) is 0.333. The molecule has 0 spiro atoms. The predicted octanol–water partition coefficient (Wildman–Crippen LogP) is 1.84. The van der Waals surface area contributed by atoms with Crippen LogP contribution in [0.3, 0.4) is 0 Å². The first kappa shape index (κ1) is 14.9. The minimum Gasteiger partial charge on any atom is -0.468 e. The Kier molecular flexibility index (Phi) is 5.52. The van der Waals surface area contributed by atoms with Crippen molar-refractivity contribution in [3.8, 4) is 0 Å². The van der Waals surface area contributed by atoms with E-state index < -0.39 is 21.6 Å². The van der Waals surface area contributed by atoms with Crippen molar-refractivity contribution in [1.82, 2.24) is 5.32 Å². The molecule has 0 aliphatic rings. The van der Waals surface area contributed by atoms with Gasteiger partial charge in [0.25, 0.3) is 5.91 Å². The summed E-state index contributed by atoms with van der Waals surface area (Å²) >= 11 is 1.85. The van der Waals surface area contributed by atoms with E-state index in [1.807, 2.05) is 22.6 Å². The number of rotatable bonds is 4. The Balaban J connectivity index is 2.66. The summed E-state index contributed by atoms with van der Waals surface area (Å²) in [5, 5.41) is 2.49. The molecule has 0 aromatic heterocycles. The Labute approximate surface area is 118 Å². The first-order valence-electron chi connectivity index (χ1n) is 5.22. The Morgan fingerprint density at radius 2 is 2.17 bits per heavy atom. The quantitative estimate of drug-likeness (QED) is 0.503. The highest BCUT2D eigenvalue weighted by Gasteiger charge is 2.18. The van der Waals surface area contributed by atoms with E-state index in [9.17, 15) is 14.0 Å². The fourth-order valence-corrected chi connectivity index (χ4v) is 1.79. The van der Waals surface area contributed by atoms with Gasteiger partial charge in [-0.3, -0.25) is 9.59 Å². The van der Waals surface area contributed by atoms with Gasteiger partial charge < -0.3 is 10.1 Å². The van der Waals surface area contributed by atoms with Crippen LogP contribution in [-0.4, -0.2) is 29.5 Å². The highest BCUT2D eigenvalue weighted by Crippen LogP contribution is 2.12. The summed E-state index contributed by atoms with van der Waals surface area (Å²) in [5.74, 6) is -1.51. The molecule has 1 aromatic carbocycles. The molecule has 1 rings (SSSR count). The standard InChI is InChI=1S/C12H13FINO3/c1-7-4-3-5-8(10(7)13)11(16)15-6-9(14)12(17)18-2/h3-5,9H,6H2,1-2H3,(H,15,16). The lowest BCUT2D eigenvalue weighted by Gasteiger charge is -2.10. The van der Waals surface area contributed by atoms with Crippen LogP contribution in [0, 0.1) is 12.7 Å². The smallest absolute Gasteiger partial charge is 0.320 e. The number of hydrogen-bond donors (Lipinski definition) is 1. The van der Waals surface area contributed by atoms with Crippen molar-refractivity contribution < 1.29 is 18.7 Å². The number of amides is 1. The second kappa shape index (κ2) is 6.67. The summed E-state index contributed by atoms with van der Waals surface area (Å²) < 4.78 is 17.7. The number of carbonyl (C=O) groups is 2. The molecule has 1 atom stereocenters. The second-order valence-corrected chi connectivity index (χ2v) is 5.14. The molecule has 0 heterocycles. The van der Waals surface area contributed by atoms with Crippen LogP contribution in [0.1, 0.15) is 15.9 Å². The molecule has 0 radical (unpaired) electrons. The van der Waals surface area contributed by atoms with Gasteiger partial charge in [-0.1, -0.05) is 34.7 Å². The SMILES string of the molecule is COC(=O)C(I)CNC(=O)c1cccc(C)c1F. The van der Waals surface area contributed by atoms with E-state index in [1.54, 1.807) is 19.1 Å². The van der Waals surface area contributed by atoms with E-state index in [0.29, 0.717) is 5.56 Å². The maximum atomic E-state index is 13.6. The van der Waals surface area contributed by atoms with Crippen LogP contribution >= 0.6 is 22.6 Å². The van der Waals surface area contributed by atoms with E-state index in [0.717, 1.165) is 0 Å². The highest BCUT2D eigenvalue weighted by molar-refractivity contribution is 14.1. The molecule has 1 unspecified atom stereocenters. The zero-order valence-corrected chi connectivity index (χ0v) is 12.2. The van der Waals surface area contributed by atoms with Crippen LogP contribution in [0.25, 0.3) is 0 Å². The normalized spacial score (nSPS) is 11.8. The van der Waals surface area contributed by atoms with Gasteiger partial charge in [-0.2, -0.15) is 0 Å². The van der Waals surface area contributed by atoms with Gasteiger partial charge in [0.15, 0.2) is 0 Å². The van der Waals surface area contributed by atoms with Gasteiger partial charge >= 0.3 is 5.97 Å². The number of nitrogens with one attached hydrogen (secondary N) is 1. The molecule has 0 bridgehead atoms. The topological polar surface area (TPSA) is 55.4 Å². The van der Waals surface area contributed by atoms with Crippen molar-refractivity contribution in [2.24, 2.45) is 0 Å². The van der Waals surface area contributed by atoms with Crippen molar-refractivity contribution >= 4 is 34.5 Å². The van der Waals surface area contributed by atoms with Gasteiger partial charge in [-0.05, 0) is 18.6 Å². The minimum atomic E-state index is -0.543. The largest absolute Gasteiger partial charge is 0.468 e. The number of alkyl halides is 1. The molecule has 98 valence electrons. The number of esters is 1. The maximum Gasteiger partial charge on any atom is 0.320 e. The van der Waals surface area contributed by atoms with Crippen LogP contribution < -0.4 is 5.32 Å². The van der Waals surface area contributed by atoms with E-state index in [4.69, 9.17) is 0 Å². The number of halogens is 2. The summed E-state index contributed by atoms with van der Waals surface area (Å²) in [5.41, 5.74) is 0.380. The van der Waals surface area contributed by atoms with E-state index >= 15 is 0 Å². The molecule has 0 fully saturated rings. The zero-order chi connectivity index (χ0) is 13.7. The molecule has 1 amide bonds. The minimum absolute atomic E-state index is 0.0246. The monoisotopic (exact) mass is 365 g/mol. The second-order valence-electron chi connectivity index (χ2n) is 3.64. The van der Waals surface area contributed by atoms with Crippen LogP contribution in [0.15, 0.2) is 18.2 Å². The molecule has 6 heteroatoms. The molecule has 0 aliphatic heterocycles. The van der Waals surface area contributed by atoms with Gasteiger partial charge in [0.2, 0.25) is 0 Å². The third-order valence-corrected chi connectivity index (χ3v) is 3.28. The lowest BCUT2D eigenvalue weighted by Crippen LogP contribution is -2.34. The molecule has 0 saturated heterocycles. The average Bonchev–Trinajstić information content (AvgIpc) is 2.37. The van der Waals surface area contributed by atoms with Gasteiger partial charge in [0.1, 0.15) is 9.74 Å². The number of aryl methyl sites for hydroxylation is 1. The van der Waals surface area contributed by atoms with Gasteiger partial charge in [-0.15, -0.1) is 0 Å². The van der Waals surface area contributed by atoms with E-state index in [1.165, 1.54) is 13.2 Å². The van der Waals surface area contributed by atoms with Crippen molar-refractivity contribution in [3.63, 3.8) is 0 Å². The van der Waals surface area contributed by atoms with Crippen LogP contribution in [0.4, 0.5) is 4.39 Å². The predicted molar refractivity (Wildman–Crippen MR) is 73.3 cm³/mol. The third-order valence-electron chi connectivity index (χ3n) is 2.34. The Morgan fingerprint density at radius 1 is 1.50 bits per heavy atom. The first-order valence-corrected chi connectivity index (χ1v) is 6.47. The summed E-state index contributed by atoms with van der Waals surface area (Å²) in [6, 6.07) is 4.59. The summed E-state index contributed by atoms with van der Waals surface area (Å²) in [6.45, 7) is 1.68. The highest BCUT2D eigenvalue weighted by atomic mass is 127. The number of methoxy groups -OCH3 is 1. The first-order chi connectivity index (χ1) is 8.47. The number of hydrogen-bond acceptors (Lipinski definition) is 3. The average molecular weight is 365 g/mol. The zero-order valence-electron chi connectivity index (χ0n) is 10.00. The Morgan fingerprint density at radius 3 is 2.78 bits per heavy atom. The van der Waals surface area contributed by atoms with Gasteiger partial charge in [0, 0.05) is 6.54 Å². The third kappa shape index (κ3) is 3.66. The molecule has 18 heavy (non-hydrogen) atoms. The molecular weight excluding hydrogens is 352 g/mol. The van der Waals surface area contributed by atoms with Crippen LogP contribution in [0.5, 0.6) is 0 Å². The molecule has 0 saturated carbocycles. The van der Waals surface area contributed by atoms with Crippen LogP contribution in [0.2, 0.25) is 0 Å². The van der Waals surface area contributed by atoms with E-state index in [-0.39, 0.29) is 12.1 Å². The Hall–Kier alpha value is -1.18.